The Bertz CT molecular complexity index is 831. The van der Waals surface area contributed by atoms with E-state index < -0.39 is 6.03 Å². The van der Waals surface area contributed by atoms with Crippen LogP contribution in [-0.2, 0) is 11.3 Å². The number of para-hydroxylation sites is 2. The second-order valence-electron chi connectivity index (χ2n) is 5.26. The third-order valence-electron chi connectivity index (χ3n) is 3.38. The Labute approximate surface area is 149 Å². The number of benzene rings is 2. The summed E-state index contributed by atoms with van der Waals surface area (Å²) in [6, 6.07) is 16.5. The minimum Gasteiger partial charge on any atom is -0.431 e. The molecule has 0 aliphatic rings. The van der Waals surface area contributed by atoms with Crippen molar-refractivity contribution in [2.45, 2.75) is 18.2 Å². The molecule has 25 heavy (non-hydrogen) atoms. The highest BCUT2D eigenvalue weighted by Gasteiger charge is 2.10. The van der Waals surface area contributed by atoms with Gasteiger partial charge in [-0.05, 0) is 17.7 Å². The number of urea groups is 1. The van der Waals surface area contributed by atoms with E-state index in [1.165, 1.54) is 11.8 Å². The predicted molar refractivity (Wildman–Crippen MR) is 96.2 cm³/mol. The van der Waals surface area contributed by atoms with Gasteiger partial charge in [-0.1, -0.05) is 54.2 Å². The third kappa shape index (κ3) is 5.09. The topological polar surface area (TPSA) is 84.2 Å². The molecule has 2 N–H and O–H groups in total. The van der Waals surface area contributed by atoms with Crippen LogP contribution in [0.15, 0.2) is 64.2 Å². The quantitative estimate of drug-likeness (QED) is 0.663. The second kappa shape index (κ2) is 8.34. The van der Waals surface area contributed by atoms with Gasteiger partial charge in [-0.3, -0.25) is 10.1 Å². The molecule has 0 bridgehead atoms. The van der Waals surface area contributed by atoms with Crippen molar-refractivity contribution >= 4 is 34.8 Å². The highest BCUT2D eigenvalue weighted by molar-refractivity contribution is 7.99. The zero-order valence-corrected chi connectivity index (χ0v) is 14.2. The molecule has 0 saturated carbocycles. The number of nitrogens with zero attached hydrogens (tertiary/aromatic N) is 1. The summed E-state index contributed by atoms with van der Waals surface area (Å²) in [6.07, 6.45) is 0.197. The SMILES string of the molecule is O=C(CCSc1nc2ccccc2o1)NC(=O)NCc1ccccc1. The summed E-state index contributed by atoms with van der Waals surface area (Å²) in [6.45, 7) is 0.373. The van der Waals surface area contributed by atoms with Gasteiger partial charge in [0.25, 0.3) is 5.22 Å². The van der Waals surface area contributed by atoms with E-state index in [-0.39, 0.29) is 12.3 Å². The van der Waals surface area contributed by atoms with Gasteiger partial charge in [-0.2, -0.15) is 0 Å². The molecule has 0 fully saturated rings. The lowest BCUT2D eigenvalue weighted by Gasteiger charge is -2.06. The second-order valence-corrected chi connectivity index (χ2v) is 6.31. The van der Waals surface area contributed by atoms with Crippen molar-refractivity contribution in [2.24, 2.45) is 0 Å². The zero-order valence-electron chi connectivity index (χ0n) is 13.4. The van der Waals surface area contributed by atoms with E-state index in [0.29, 0.717) is 17.5 Å². The number of hydrogen-bond donors (Lipinski definition) is 2. The maximum Gasteiger partial charge on any atom is 0.321 e. The molecular weight excluding hydrogens is 338 g/mol. The van der Waals surface area contributed by atoms with Gasteiger partial charge >= 0.3 is 6.03 Å². The molecule has 128 valence electrons. The van der Waals surface area contributed by atoms with E-state index >= 15 is 0 Å². The molecule has 0 radical (unpaired) electrons. The van der Waals surface area contributed by atoms with E-state index in [2.05, 4.69) is 15.6 Å². The normalized spacial score (nSPS) is 10.6. The first-order chi connectivity index (χ1) is 12.2. The Morgan fingerprint density at radius 2 is 1.80 bits per heavy atom. The number of nitrogens with one attached hydrogen (secondary N) is 2. The molecule has 0 spiro atoms. The molecule has 0 atom stereocenters. The monoisotopic (exact) mass is 355 g/mol. The van der Waals surface area contributed by atoms with E-state index in [1.54, 1.807) is 0 Å². The van der Waals surface area contributed by atoms with Gasteiger partial charge in [0.05, 0.1) is 0 Å². The number of hydrogen-bond acceptors (Lipinski definition) is 5. The van der Waals surface area contributed by atoms with Crippen molar-refractivity contribution < 1.29 is 14.0 Å². The van der Waals surface area contributed by atoms with E-state index in [1.807, 2.05) is 54.6 Å². The van der Waals surface area contributed by atoms with Gasteiger partial charge in [0.2, 0.25) is 5.91 Å². The van der Waals surface area contributed by atoms with Crippen LogP contribution in [0.4, 0.5) is 4.79 Å². The third-order valence-corrected chi connectivity index (χ3v) is 4.21. The van der Waals surface area contributed by atoms with Gasteiger partial charge < -0.3 is 9.73 Å². The number of aromatic nitrogens is 1. The van der Waals surface area contributed by atoms with Gasteiger partial charge in [-0.15, -0.1) is 0 Å². The minimum atomic E-state index is -0.499. The number of carbonyl (C=O) groups is 2. The fraction of sp³-hybridized carbons (Fsp3) is 0.167. The van der Waals surface area contributed by atoms with Crippen molar-refractivity contribution in [3.05, 3.63) is 60.2 Å². The summed E-state index contributed by atoms with van der Waals surface area (Å²) in [4.78, 5) is 27.8. The van der Waals surface area contributed by atoms with Crippen LogP contribution in [0.3, 0.4) is 0 Å². The van der Waals surface area contributed by atoms with Gasteiger partial charge in [0.1, 0.15) is 5.52 Å². The molecule has 3 amide bonds. The highest BCUT2D eigenvalue weighted by Crippen LogP contribution is 2.23. The maximum absolute atomic E-state index is 11.8. The van der Waals surface area contributed by atoms with Crippen molar-refractivity contribution in [1.29, 1.82) is 0 Å². The Balaban J connectivity index is 1.38. The highest BCUT2D eigenvalue weighted by atomic mass is 32.2. The number of thioether (sulfide) groups is 1. The number of rotatable bonds is 6. The summed E-state index contributed by atoms with van der Waals surface area (Å²) in [5.41, 5.74) is 2.47. The van der Waals surface area contributed by atoms with Crippen molar-refractivity contribution in [1.82, 2.24) is 15.6 Å². The Hall–Kier alpha value is -2.80. The summed E-state index contributed by atoms with van der Waals surface area (Å²) < 4.78 is 5.56. The smallest absolute Gasteiger partial charge is 0.321 e. The predicted octanol–water partition coefficient (Wildman–Crippen LogP) is 3.34. The van der Waals surface area contributed by atoms with Crippen molar-refractivity contribution in [2.75, 3.05) is 5.75 Å². The average Bonchev–Trinajstić information content (AvgIpc) is 3.03. The first-order valence-corrected chi connectivity index (χ1v) is 8.79. The van der Waals surface area contributed by atoms with Crippen LogP contribution in [0.25, 0.3) is 11.1 Å². The van der Waals surface area contributed by atoms with Crippen LogP contribution in [0, 0.1) is 0 Å². The van der Waals surface area contributed by atoms with Gasteiger partial charge in [0, 0.05) is 18.7 Å². The van der Waals surface area contributed by atoms with Crippen LogP contribution < -0.4 is 10.6 Å². The number of imide groups is 1. The molecule has 0 aliphatic heterocycles. The maximum atomic E-state index is 11.8. The van der Waals surface area contributed by atoms with E-state index in [9.17, 15) is 9.59 Å². The van der Waals surface area contributed by atoms with Crippen molar-refractivity contribution in [3.8, 4) is 0 Å². The Morgan fingerprint density at radius 1 is 1.04 bits per heavy atom. The fourth-order valence-electron chi connectivity index (χ4n) is 2.16. The zero-order chi connectivity index (χ0) is 17.5. The number of oxazole rings is 1. The lowest BCUT2D eigenvalue weighted by Crippen LogP contribution is -2.39. The van der Waals surface area contributed by atoms with Crippen LogP contribution in [0.1, 0.15) is 12.0 Å². The average molecular weight is 355 g/mol. The lowest BCUT2D eigenvalue weighted by atomic mass is 10.2. The molecule has 3 rings (SSSR count). The lowest BCUT2D eigenvalue weighted by molar-refractivity contribution is -0.119. The van der Waals surface area contributed by atoms with Crippen molar-refractivity contribution in [3.63, 3.8) is 0 Å². The van der Waals surface area contributed by atoms with Crippen LogP contribution in [0.2, 0.25) is 0 Å². The molecule has 0 saturated heterocycles. The largest absolute Gasteiger partial charge is 0.431 e. The van der Waals surface area contributed by atoms with Crippen LogP contribution in [-0.4, -0.2) is 22.7 Å². The fourth-order valence-corrected chi connectivity index (χ4v) is 2.93. The van der Waals surface area contributed by atoms with E-state index in [0.717, 1.165) is 16.7 Å². The number of amides is 3. The molecule has 7 heteroatoms. The first-order valence-electron chi connectivity index (χ1n) is 7.81. The number of carbonyl (C=O) groups excluding carboxylic acids is 2. The van der Waals surface area contributed by atoms with Gasteiger partial charge in [-0.25, -0.2) is 9.78 Å². The van der Waals surface area contributed by atoms with Gasteiger partial charge in [0.15, 0.2) is 5.58 Å². The number of fused-ring (bicyclic) bond motifs is 1. The van der Waals surface area contributed by atoms with Crippen LogP contribution in [0.5, 0.6) is 0 Å². The standard InChI is InChI=1S/C18H17N3O3S/c22-16(21-17(23)19-12-13-6-2-1-3-7-13)10-11-25-18-20-14-8-4-5-9-15(14)24-18/h1-9H,10-12H2,(H2,19,21,22,23). The molecule has 6 nitrogen and oxygen atoms in total. The molecule has 0 unspecified atom stereocenters. The molecule has 3 aromatic rings. The molecule has 2 aromatic carbocycles. The molecule has 1 heterocycles. The molecule has 1 aromatic heterocycles. The summed E-state index contributed by atoms with van der Waals surface area (Å²) in [7, 11) is 0. The first kappa shape index (κ1) is 17.0. The van der Waals surface area contributed by atoms with E-state index in [4.69, 9.17) is 4.42 Å². The molecule has 0 aliphatic carbocycles. The minimum absolute atomic E-state index is 0.197. The Morgan fingerprint density at radius 3 is 2.60 bits per heavy atom. The summed E-state index contributed by atoms with van der Waals surface area (Å²) >= 11 is 1.34. The Kier molecular flexibility index (Phi) is 5.69. The summed E-state index contributed by atoms with van der Waals surface area (Å²) in [5, 5.41) is 5.47. The summed E-state index contributed by atoms with van der Waals surface area (Å²) in [5.74, 6) is 0.138. The van der Waals surface area contributed by atoms with Crippen LogP contribution >= 0.6 is 11.8 Å². The molecular formula is C18H17N3O3S.